The number of halogens is 12. The third kappa shape index (κ3) is 26.8. The second-order valence-electron chi connectivity index (χ2n) is 31.5. The van der Waals surface area contributed by atoms with E-state index in [9.17, 15) is 91.1 Å². The van der Waals surface area contributed by atoms with E-state index >= 15 is 0 Å². The zero-order chi connectivity index (χ0) is 106. The van der Waals surface area contributed by atoms with Crippen LogP contribution < -0.4 is 71.4 Å². The normalized spacial score (nSPS) is 10.9. The van der Waals surface area contributed by atoms with Crippen molar-refractivity contribution in [3.05, 3.63) is 295 Å². The summed E-state index contributed by atoms with van der Waals surface area (Å²) in [5.74, 6) is -0.909. The number of fused-ring (bicyclic) bond motifs is 4. The minimum Gasteiger partial charge on any atom is -0.870 e. The van der Waals surface area contributed by atoms with Crippen LogP contribution in [0, 0.1) is 99.5 Å². The second kappa shape index (κ2) is 52.3. The number of carbonyl (C=O) groups is 2. The van der Waals surface area contributed by atoms with Gasteiger partial charge in [0.15, 0.2) is 0 Å². The molecule has 0 bridgehead atoms. The number of imidazole rings is 3. The van der Waals surface area contributed by atoms with Crippen molar-refractivity contribution in [2.75, 3.05) is 27.9 Å². The number of esters is 1. The predicted octanol–water partition coefficient (Wildman–Crippen LogP) is 19.5. The Morgan fingerprint density at radius 3 is 1.19 bits per heavy atom. The number of aromatic nitrogens is 6. The molecule has 742 valence electrons. The topological polar surface area (TPSA) is 505 Å². The quantitative estimate of drug-likeness (QED) is 0.0108. The van der Waals surface area contributed by atoms with Crippen molar-refractivity contribution < 1.29 is 93.9 Å². The Balaban J connectivity index is 0.000000262. The summed E-state index contributed by atoms with van der Waals surface area (Å²) in [5.41, 5.74) is 11.1. The molecule has 3 aromatic heterocycles. The van der Waals surface area contributed by atoms with Gasteiger partial charge in [-0.1, -0.05) is 99.9 Å². The van der Waals surface area contributed by atoms with Crippen LogP contribution in [0.3, 0.4) is 0 Å². The maximum atomic E-state index is 13.3. The van der Waals surface area contributed by atoms with E-state index in [-0.39, 0.29) is 178 Å². The smallest absolute Gasteiger partial charge is 0.870 e. The molecule has 0 saturated heterocycles. The van der Waals surface area contributed by atoms with Crippen LogP contribution in [0.1, 0.15) is 169 Å². The Bertz CT molecular complexity index is 7570. The van der Waals surface area contributed by atoms with Crippen LogP contribution in [0.25, 0.3) is 50.2 Å². The number of nitrogen functional groups attached to an aromatic ring is 1. The number of nitriles is 7. The van der Waals surface area contributed by atoms with E-state index in [1.165, 1.54) is 131 Å². The van der Waals surface area contributed by atoms with Crippen LogP contribution in [-0.4, -0.2) is 105 Å². The van der Waals surface area contributed by atoms with Crippen molar-refractivity contribution in [2.24, 2.45) is 0 Å². The zero-order valence-corrected chi connectivity index (χ0v) is 83.1. The molecule has 1 aliphatic rings. The third-order valence-corrected chi connectivity index (χ3v) is 22.1. The molecule has 0 saturated carbocycles. The Kier molecular flexibility index (Phi) is 42.6. The molecule has 5 N–H and O–H groups in total. The van der Waals surface area contributed by atoms with Crippen LogP contribution in [0.5, 0.6) is 17.2 Å². The van der Waals surface area contributed by atoms with Gasteiger partial charge in [-0.25, -0.2) is 24.4 Å². The average Bonchev–Trinajstić information content (AvgIpc) is 1.59. The fourth-order valence-electron chi connectivity index (χ4n) is 14.5. The molecule has 13 aromatic rings. The van der Waals surface area contributed by atoms with Gasteiger partial charge < -0.3 is 50.5 Å². The van der Waals surface area contributed by atoms with Crippen molar-refractivity contribution >= 4 is 155 Å². The summed E-state index contributed by atoms with van der Waals surface area (Å²) in [4.78, 5) is 96.2. The summed E-state index contributed by atoms with van der Waals surface area (Å²) in [6.45, 7) is 14.9. The van der Waals surface area contributed by atoms with E-state index in [1.54, 1.807) is 94.3 Å². The van der Waals surface area contributed by atoms with Crippen molar-refractivity contribution in [3.63, 3.8) is 0 Å². The number of anilines is 4. The molecular formula is C97H83Cl6F6LiN19O15-. The van der Waals surface area contributed by atoms with Gasteiger partial charge >= 0.3 is 61.7 Å². The Morgan fingerprint density at radius 1 is 0.458 bits per heavy atom. The van der Waals surface area contributed by atoms with E-state index in [4.69, 9.17) is 101 Å². The van der Waals surface area contributed by atoms with Crippen molar-refractivity contribution in [3.8, 4) is 76.8 Å². The number of hydrogen-bond acceptors (Lipinski definition) is 25. The monoisotopic (exact) mass is 2080 g/mol. The Labute approximate surface area is 859 Å². The number of nitro benzene ring substituents is 2. The minimum atomic E-state index is -3.01. The van der Waals surface area contributed by atoms with E-state index in [1.807, 2.05) is 91.8 Å². The number of amides is 1. The number of nitrogens with two attached hydrogens (primary N) is 1. The maximum Gasteiger partial charge on any atom is 1.00 e. The van der Waals surface area contributed by atoms with E-state index in [2.05, 4.69) is 30.9 Å². The van der Waals surface area contributed by atoms with Crippen molar-refractivity contribution in [1.82, 2.24) is 27.4 Å². The molecule has 0 radical (unpaired) electrons. The van der Waals surface area contributed by atoms with E-state index < -0.39 is 52.7 Å². The van der Waals surface area contributed by atoms with Gasteiger partial charge in [-0.2, -0.15) is 64.0 Å². The molecule has 0 atom stereocenters. The number of nitro groups is 2. The molecule has 47 heteroatoms. The Morgan fingerprint density at radius 2 is 0.806 bits per heavy atom. The molecule has 14 rings (SSSR count). The number of nitrogens with one attached hydrogen (secondary N) is 2. The molecule has 144 heavy (non-hydrogen) atoms. The van der Waals surface area contributed by atoms with Crippen LogP contribution in [0.2, 0.25) is 30.1 Å². The standard InChI is InChI=1S/C21H19F2N3O4.C19H14F2N3O3.C18H14ClF2N3O2.C12H11ClN2O.C10H10ClN3O2.C10H12ClN3.C7H2Cl2N2O2.Li.H2O/c1-4-29-19(27)15-8-9-17-18(16(15)11-24)25(12(2)3)21(28)26(17)13-6-5-7-14(10-13)30-20(22)23;1-11(2)23-17-15(9-22)12(10-25)6-7-16(17)24(19(23)26)13-4-3-5-14(8-13)27-18(20)21;1-10(2)23-16-13(9-22)14(19)6-7-15(16)24(18(23)25)11-4-3-5-12(8-11)26-17(20)21;1-7(2)15-11(16)5-8-3-4-10(13)9(6-14)12(8)15;1-6(2)13-10-7(5-12)8(11)3-4-9(10)14(15)16;1-6(2)14-10-7(5-12)8(11)3-4-9(10)13;8-5-1-2-6(11(12)13)7(9)4(5)3-10;;/h5-10,12,20H,4H2,1-3H3;3-8,11,18H,1-2H3;3-8,10,17H,1-2H3;3-4,7H,5H2,1-2H3;3-4,6,13H,1-2H3;3-4,6,14H,13H2,1-2H3;1-2H;;1H2/q;-1;;;;;;+1;/p-1. The first kappa shape index (κ1) is 117. The zero-order valence-electron chi connectivity index (χ0n) is 78.6. The third-order valence-electron chi connectivity index (χ3n) is 20.1. The van der Waals surface area contributed by atoms with Gasteiger partial charge in [0.1, 0.15) is 69.9 Å². The van der Waals surface area contributed by atoms with Gasteiger partial charge in [0.25, 0.3) is 11.4 Å². The summed E-state index contributed by atoms with van der Waals surface area (Å²) in [6.07, 6.45) is 2.06. The first-order chi connectivity index (χ1) is 67.2. The summed E-state index contributed by atoms with van der Waals surface area (Å²) >= 11 is 34.9. The van der Waals surface area contributed by atoms with Crippen LogP contribution in [-0.2, 0) is 20.7 Å². The summed E-state index contributed by atoms with van der Waals surface area (Å²) < 4.78 is 102. The van der Waals surface area contributed by atoms with Crippen molar-refractivity contribution in [2.45, 2.75) is 153 Å². The van der Waals surface area contributed by atoms with E-state index in [0.29, 0.717) is 83.6 Å². The fourth-order valence-corrected chi connectivity index (χ4v) is 15.8. The summed E-state index contributed by atoms with van der Waals surface area (Å²) in [7, 11) is 0. The van der Waals surface area contributed by atoms with Gasteiger partial charge in [0, 0.05) is 78.2 Å². The maximum absolute atomic E-state index is 13.3. The number of alkyl halides is 6. The number of carbonyl (C=O) groups excluding carboxylic acids is 3. The Hall–Kier alpha value is -15.5. The number of ether oxygens (including phenoxy) is 4. The van der Waals surface area contributed by atoms with Gasteiger partial charge in [-0.15, -0.1) is 5.56 Å². The van der Waals surface area contributed by atoms with Gasteiger partial charge in [-0.05, 0) is 192 Å². The molecule has 0 aliphatic carbocycles. The molecule has 1 amide bonds. The van der Waals surface area contributed by atoms with Crippen molar-refractivity contribution in [1.29, 1.82) is 36.8 Å². The van der Waals surface area contributed by atoms with Gasteiger partial charge in [-0.3, -0.25) is 52.4 Å². The molecular weight excluding hydrogens is 2000 g/mol. The molecule has 0 unspecified atom stereocenters. The summed E-state index contributed by atoms with van der Waals surface area (Å²) in [6, 6.07) is 51.1. The molecule has 10 aromatic carbocycles. The van der Waals surface area contributed by atoms with Crippen LogP contribution >= 0.6 is 69.6 Å². The number of hydrogen-bond donors (Lipinski definition) is 3. The van der Waals surface area contributed by atoms with Gasteiger partial charge in [0.2, 0.25) is 5.91 Å². The second-order valence-corrected chi connectivity index (χ2v) is 33.9. The number of rotatable bonds is 22. The first-order valence-electron chi connectivity index (χ1n) is 42.1. The van der Waals surface area contributed by atoms with Gasteiger partial charge in [0.05, 0.1) is 149 Å². The molecule has 0 spiro atoms. The first-order valence-corrected chi connectivity index (χ1v) is 44.4. The molecule has 4 heterocycles. The number of benzene rings is 10. The number of nitrogens with zero attached hydrogens (tertiary/aromatic N) is 16. The SMILES string of the molecule is CC(C)N1C(=O)Cc2ccc(Cl)c(C#N)c21.CC(C)Nc1c(N)ccc(Cl)c1C#N.CC(C)Nc1c([N+](=O)[O-])ccc(Cl)c1C#N.CC(C)n1c(=O)n(-c2cccc(OC(F)F)c2)c2ccc(Cl)c(C#N)c21.CC(C)n1c(=O)n(-c2cccc(OC(F)F)c2)c2ccc([C-]=O)c(C#N)c21.CCOC(=O)c1ccc2c(c1C#N)n(C(C)C)c(=O)n2-c1cccc(OC(F)F)c1.N#Cc1c(Cl)ccc([N+](=O)[O-])c1Cl.[Li+].[OH-]. The molecule has 1 aliphatic heterocycles. The molecule has 0 fully saturated rings. The van der Waals surface area contributed by atoms with E-state index in [0.717, 1.165) is 11.6 Å². The fraction of sp³-hybridized carbons (Fsp3) is 0.247. The van der Waals surface area contributed by atoms with Crippen LogP contribution in [0.15, 0.2) is 172 Å². The predicted molar refractivity (Wildman–Crippen MR) is 527 cm³/mol. The average molecular weight is 2090 g/mol. The largest absolute Gasteiger partial charge is 1.00 e. The summed E-state index contributed by atoms with van der Waals surface area (Å²) in [5, 5.41) is 92.5. The van der Waals surface area contributed by atoms with Crippen LogP contribution in [0.4, 0.5) is 60.5 Å². The molecule has 34 nitrogen and oxygen atoms in total. The minimum absolute atomic E-state index is 0.